The lowest BCUT2D eigenvalue weighted by molar-refractivity contribution is 0.474. The van der Waals surface area contributed by atoms with Crippen molar-refractivity contribution >= 4 is 28.0 Å². The minimum atomic E-state index is -0.561. The van der Waals surface area contributed by atoms with Crippen LogP contribution in [0.5, 0.6) is 5.75 Å². The molecule has 0 unspecified atom stereocenters. The van der Waals surface area contributed by atoms with Crippen LogP contribution in [0.3, 0.4) is 0 Å². The molecule has 0 aliphatic rings. The molecule has 1 aromatic carbocycles. The highest BCUT2D eigenvalue weighted by Gasteiger charge is 2.01. The molecule has 7 nitrogen and oxygen atoms in total. The second kappa shape index (κ2) is 5.61. The summed E-state index contributed by atoms with van der Waals surface area (Å²) in [5, 5.41) is 19.5. The van der Waals surface area contributed by atoms with Crippen molar-refractivity contribution in [2.75, 3.05) is 5.43 Å². The van der Waals surface area contributed by atoms with Crippen LogP contribution in [0.4, 0.5) is 5.82 Å². The number of hydrogen-bond donors (Lipinski definition) is 3. The van der Waals surface area contributed by atoms with E-state index in [1.807, 2.05) is 0 Å². The van der Waals surface area contributed by atoms with Crippen molar-refractivity contribution in [3.8, 4) is 5.75 Å². The molecule has 2 rings (SSSR count). The molecule has 0 atom stereocenters. The number of nitrogens with zero attached hydrogens (tertiary/aromatic N) is 3. The Hall–Kier alpha value is -2.22. The predicted molar refractivity (Wildman–Crippen MR) is 74.4 cm³/mol. The first kappa shape index (κ1) is 13.2. The standard InChI is InChI=1S/C11H10BrN5O2/c1-6-10(14-11(19)17-15-6)16-13-5-7-4-8(12)2-3-9(7)18/h2-5,18H,1H3,(H2,14,16,17,19)/b13-5+. The molecule has 0 saturated carbocycles. The van der Waals surface area contributed by atoms with Gasteiger partial charge in [0.15, 0.2) is 5.82 Å². The average Bonchev–Trinajstić information content (AvgIpc) is 2.38. The highest BCUT2D eigenvalue weighted by atomic mass is 79.9. The van der Waals surface area contributed by atoms with Crippen molar-refractivity contribution in [1.82, 2.24) is 15.2 Å². The lowest BCUT2D eigenvalue weighted by Gasteiger charge is -2.01. The molecular formula is C11H10BrN5O2. The van der Waals surface area contributed by atoms with Gasteiger partial charge in [0.05, 0.1) is 6.21 Å². The van der Waals surface area contributed by atoms with E-state index in [-0.39, 0.29) is 11.6 Å². The number of phenolic OH excluding ortho intramolecular Hbond substituents is 1. The van der Waals surface area contributed by atoms with Gasteiger partial charge in [-0.3, -0.25) is 5.43 Å². The number of hydrazone groups is 1. The van der Waals surface area contributed by atoms with Gasteiger partial charge in [-0.25, -0.2) is 9.89 Å². The van der Waals surface area contributed by atoms with E-state index >= 15 is 0 Å². The fourth-order valence-corrected chi connectivity index (χ4v) is 1.67. The summed E-state index contributed by atoms with van der Waals surface area (Å²) in [7, 11) is 0. The Labute approximate surface area is 116 Å². The second-order valence-corrected chi connectivity index (χ2v) is 4.56. The van der Waals surface area contributed by atoms with Gasteiger partial charge in [-0.2, -0.15) is 15.2 Å². The smallest absolute Gasteiger partial charge is 0.363 e. The number of H-pyrrole nitrogens is 1. The third-order valence-electron chi connectivity index (χ3n) is 2.24. The molecule has 0 amide bonds. The summed E-state index contributed by atoms with van der Waals surface area (Å²) in [4.78, 5) is 14.7. The second-order valence-electron chi connectivity index (χ2n) is 3.65. The maximum atomic E-state index is 11.0. The van der Waals surface area contributed by atoms with Crippen LogP contribution in [0, 0.1) is 6.92 Å². The van der Waals surface area contributed by atoms with E-state index in [0.717, 1.165) is 4.47 Å². The Morgan fingerprint density at radius 1 is 1.53 bits per heavy atom. The van der Waals surface area contributed by atoms with Gasteiger partial charge in [0.25, 0.3) is 0 Å². The number of anilines is 1. The summed E-state index contributed by atoms with van der Waals surface area (Å²) in [6.45, 7) is 1.68. The number of rotatable bonds is 3. The quantitative estimate of drug-likeness (QED) is 0.585. The van der Waals surface area contributed by atoms with Gasteiger partial charge in [0.1, 0.15) is 11.4 Å². The minimum Gasteiger partial charge on any atom is -0.507 e. The summed E-state index contributed by atoms with van der Waals surface area (Å²) in [6.07, 6.45) is 1.42. The summed E-state index contributed by atoms with van der Waals surface area (Å²) in [5.74, 6) is 0.358. The number of aryl methyl sites for hydroxylation is 1. The molecule has 2 aromatic rings. The van der Waals surface area contributed by atoms with Crippen molar-refractivity contribution in [1.29, 1.82) is 0 Å². The number of halogens is 1. The van der Waals surface area contributed by atoms with Gasteiger partial charge < -0.3 is 5.11 Å². The molecule has 0 saturated heterocycles. The maximum absolute atomic E-state index is 11.0. The first-order valence-electron chi connectivity index (χ1n) is 5.27. The lowest BCUT2D eigenvalue weighted by Crippen LogP contribution is -2.15. The molecule has 0 spiro atoms. The third kappa shape index (κ3) is 3.38. The Kier molecular flexibility index (Phi) is 3.91. The number of nitrogens with one attached hydrogen (secondary N) is 2. The van der Waals surface area contributed by atoms with E-state index in [9.17, 15) is 9.90 Å². The highest BCUT2D eigenvalue weighted by Crippen LogP contribution is 2.20. The number of hydrogen-bond acceptors (Lipinski definition) is 6. The third-order valence-corrected chi connectivity index (χ3v) is 2.73. The van der Waals surface area contributed by atoms with Crippen molar-refractivity contribution in [3.05, 3.63) is 44.4 Å². The number of benzene rings is 1. The zero-order chi connectivity index (χ0) is 13.8. The zero-order valence-electron chi connectivity index (χ0n) is 9.88. The zero-order valence-corrected chi connectivity index (χ0v) is 11.5. The van der Waals surface area contributed by atoms with Crippen molar-refractivity contribution in [2.45, 2.75) is 6.92 Å². The summed E-state index contributed by atoms with van der Waals surface area (Å²) >= 11 is 3.29. The molecule has 1 heterocycles. The summed E-state index contributed by atoms with van der Waals surface area (Å²) in [6, 6.07) is 4.97. The van der Waals surface area contributed by atoms with Gasteiger partial charge in [-0.05, 0) is 25.1 Å². The van der Waals surface area contributed by atoms with E-state index in [0.29, 0.717) is 11.3 Å². The van der Waals surface area contributed by atoms with E-state index < -0.39 is 5.69 Å². The summed E-state index contributed by atoms with van der Waals surface area (Å²) < 4.78 is 0.818. The molecule has 3 N–H and O–H groups in total. The number of aromatic hydroxyl groups is 1. The molecule has 1 aromatic heterocycles. The van der Waals surface area contributed by atoms with Crippen LogP contribution >= 0.6 is 15.9 Å². The topological polar surface area (TPSA) is 103 Å². The minimum absolute atomic E-state index is 0.0995. The molecular weight excluding hydrogens is 314 g/mol. The fraction of sp³-hybridized carbons (Fsp3) is 0.0909. The van der Waals surface area contributed by atoms with Crippen molar-refractivity contribution in [3.63, 3.8) is 0 Å². The van der Waals surface area contributed by atoms with Crippen LogP contribution in [-0.2, 0) is 0 Å². The predicted octanol–water partition coefficient (Wildman–Crippen LogP) is 1.39. The van der Waals surface area contributed by atoms with Crippen LogP contribution in [0.25, 0.3) is 0 Å². The average molecular weight is 324 g/mol. The number of aromatic amines is 1. The highest BCUT2D eigenvalue weighted by molar-refractivity contribution is 9.10. The van der Waals surface area contributed by atoms with Crippen LogP contribution < -0.4 is 11.1 Å². The Morgan fingerprint density at radius 3 is 3.11 bits per heavy atom. The van der Waals surface area contributed by atoms with Crippen LogP contribution in [0.1, 0.15) is 11.3 Å². The van der Waals surface area contributed by atoms with Crippen LogP contribution in [0.2, 0.25) is 0 Å². The van der Waals surface area contributed by atoms with Crippen LogP contribution in [-0.4, -0.2) is 26.5 Å². The summed E-state index contributed by atoms with van der Waals surface area (Å²) in [5.41, 5.74) is 3.07. The fourth-order valence-electron chi connectivity index (χ4n) is 1.29. The SMILES string of the molecule is Cc1n[nH]c(=O)nc1N/N=C/c1cc(Br)ccc1O. The van der Waals surface area contributed by atoms with E-state index in [1.165, 1.54) is 6.21 Å². The van der Waals surface area contributed by atoms with Crippen molar-refractivity contribution < 1.29 is 5.11 Å². The van der Waals surface area contributed by atoms with E-state index in [2.05, 4.69) is 41.6 Å². The Bertz CT molecular complexity index is 683. The molecule has 8 heteroatoms. The van der Waals surface area contributed by atoms with Gasteiger partial charge in [-0.1, -0.05) is 15.9 Å². The van der Waals surface area contributed by atoms with Crippen LogP contribution in [0.15, 0.2) is 32.6 Å². The molecule has 0 aliphatic carbocycles. The lowest BCUT2D eigenvalue weighted by atomic mass is 10.2. The van der Waals surface area contributed by atoms with E-state index in [4.69, 9.17) is 0 Å². The molecule has 0 bridgehead atoms. The monoisotopic (exact) mass is 323 g/mol. The van der Waals surface area contributed by atoms with Gasteiger partial charge in [0, 0.05) is 10.0 Å². The molecule has 0 aliphatic heterocycles. The Morgan fingerprint density at radius 2 is 2.32 bits per heavy atom. The normalized spacial score (nSPS) is 10.8. The van der Waals surface area contributed by atoms with Gasteiger partial charge >= 0.3 is 5.69 Å². The largest absolute Gasteiger partial charge is 0.507 e. The first-order chi connectivity index (χ1) is 9.06. The number of phenols is 1. The van der Waals surface area contributed by atoms with Crippen molar-refractivity contribution in [2.24, 2.45) is 5.10 Å². The van der Waals surface area contributed by atoms with Gasteiger partial charge in [-0.15, -0.1) is 0 Å². The molecule has 0 radical (unpaired) electrons. The first-order valence-corrected chi connectivity index (χ1v) is 6.06. The molecule has 19 heavy (non-hydrogen) atoms. The molecule has 98 valence electrons. The maximum Gasteiger partial charge on any atom is 0.363 e. The molecule has 0 fully saturated rings. The van der Waals surface area contributed by atoms with Gasteiger partial charge in [0.2, 0.25) is 0 Å². The number of aromatic nitrogens is 3. The Balaban J connectivity index is 2.18. The van der Waals surface area contributed by atoms with E-state index in [1.54, 1.807) is 25.1 Å².